The van der Waals surface area contributed by atoms with E-state index >= 15 is 0 Å². The quantitative estimate of drug-likeness (QED) is 0.461. The van der Waals surface area contributed by atoms with E-state index in [2.05, 4.69) is 23.5 Å². The summed E-state index contributed by atoms with van der Waals surface area (Å²) in [5.41, 5.74) is 5.39. The summed E-state index contributed by atoms with van der Waals surface area (Å²) in [4.78, 5) is 24.6. The summed E-state index contributed by atoms with van der Waals surface area (Å²) in [5, 5.41) is 14.2. The van der Waals surface area contributed by atoms with Gasteiger partial charge in [-0.2, -0.15) is 11.8 Å². The van der Waals surface area contributed by atoms with Crippen LogP contribution in [0.25, 0.3) is 17.2 Å². The average Bonchev–Trinajstić information content (AvgIpc) is 2.82. The van der Waals surface area contributed by atoms with E-state index in [1.54, 1.807) is 6.07 Å². The molecule has 0 aliphatic rings. The van der Waals surface area contributed by atoms with Crippen molar-refractivity contribution in [3.8, 4) is 11.1 Å². The average molecular weight is 466 g/mol. The van der Waals surface area contributed by atoms with Crippen LogP contribution in [0.5, 0.6) is 0 Å². The van der Waals surface area contributed by atoms with Gasteiger partial charge in [-0.25, -0.2) is 0 Å². The number of amides is 1. The maximum atomic E-state index is 13.1. The molecule has 3 aromatic rings. The molecule has 3 aromatic carbocycles. The fourth-order valence-corrected chi connectivity index (χ4v) is 4.10. The van der Waals surface area contributed by atoms with Gasteiger partial charge in [-0.3, -0.25) is 4.79 Å². The first kappa shape index (κ1) is 27.5. The van der Waals surface area contributed by atoms with Gasteiger partial charge in [-0.05, 0) is 71.7 Å². The van der Waals surface area contributed by atoms with Crippen molar-refractivity contribution in [3.63, 3.8) is 0 Å². The minimum absolute atomic E-state index is 0. The van der Waals surface area contributed by atoms with Crippen LogP contribution >= 0.6 is 11.8 Å². The monoisotopic (exact) mass is 465 g/mol. The van der Waals surface area contributed by atoms with E-state index < -0.39 is 17.9 Å². The van der Waals surface area contributed by atoms with Crippen molar-refractivity contribution >= 4 is 29.7 Å². The van der Waals surface area contributed by atoms with Crippen LogP contribution in [0.15, 0.2) is 78.9 Å². The zero-order valence-corrected chi connectivity index (χ0v) is 20.7. The number of hydrogen-bond acceptors (Lipinski definition) is 4. The number of hydrogen-bond donors (Lipinski definition) is 1. The number of carbonyl (C=O) groups is 2. The second-order valence-corrected chi connectivity index (χ2v) is 8.82. The molecular formula is C28H28LiNO3S. The number of benzene rings is 3. The van der Waals surface area contributed by atoms with E-state index in [1.807, 2.05) is 73.9 Å². The maximum absolute atomic E-state index is 13.1. The smallest absolute Gasteiger partial charge is 0.548 e. The molecule has 6 heteroatoms. The van der Waals surface area contributed by atoms with E-state index in [0.717, 1.165) is 28.7 Å². The molecule has 0 saturated heterocycles. The van der Waals surface area contributed by atoms with Crippen molar-refractivity contribution in [2.75, 3.05) is 12.0 Å². The molecule has 0 saturated carbocycles. The summed E-state index contributed by atoms with van der Waals surface area (Å²) in [6.45, 7) is 2.00. The van der Waals surface area contributed by atoms with E-state index in [4.69, 9.17) is 0 Å². The molecule has 0 unspecified atom stereocenters. The molecule has 1 atom stereocenters. The fraction of sp³-hybridized carbons (Fsp3) is 0.214. The summed E-state index contributed by atoms with van der Waals surface area (Å²) in [6, 6.07) is 22.7. The molecular weight excluding hydrogens is 437 g/mol. The summed E-state index contributed by atoms with van der Waals surface area (Å²) in [5.74, 6) is -1.06. The molecule has 1 N–H and O–H groups in total. The van der Waals surface area contributed by atoms with Crippen molar-refractivity contribution in [1.82, 2.24) is 5.32 Å². The van der Waals surface area contributed by atoms with E-state index in [9.17, 15) is 14.7 Å². The molecule has 0 fully saturated rings. The molecule has 0 aliphatic carbocycles. The van der Waals surface area contributed by atoms with Gasteiger partial charge in [0.2, 0.25) is 0 Å². The maximum Gasteiger partial charge on any atom is 1.00 e. The predicted octanol–water partition coefficient (Wildman–Crippen LogP) is 1.52. The number of nitrogens with one attached hydrogen (secondary N) is 1. The SMILES string of the molecule is CSCC[C@H](NC(=O)c1ccc(/C=C/Cc2ccccc2)cc1-c1ccccc1C)C(=O)[O-].[Li+]. The number of rotatable bonds is 10. The molecule has 0 spiro atoms. The molecule has 0 heterocycles. The van der Waals surface area contributed by atoms with Crippen LogP contribution in [0.2, 0.25) is 0 Å². The molecule has 1 amide bonds. The van der Waals surface area contributed by atoms with Crippen molar-refractivity contribution in [1.29, 1.82) is 0 Å². The largest absolute Gasteiger partial charge is 1.00 e. The van der Waals surface area contributed by atoms with Crippen molar-refractivity contribution in [3.05, 3.63) is 101 Å². The Bertz CT molecular complexity index is 1130. The molecule has 34 heavy (non-hydrogen) atoms. The number of allylic oxidation sites excluding steroid dienone is 1. The van der Waals surface area contributed by atoms with Crippen LogP contribution < -0.4 is 29.3 Å². The summed E-state index contributed by atoms with van der Waals surface area (Å²) < 4.78 is 0. The molecule has 3 rings (SSSR count). The topological polar surface area (TPSA) is 69.2 Å². The molecule has 0 radical (unpaired) electrons. The Balaban J connectivity index is 0.00000408. The van der Waals surface area contributed by atoms with Crippen molar-refractivity contribution < 1.29 is 33.6 Å². The zero-order chi connectivity index (χ0) is 23.6. The van der Waals surface area contributed by atoms with Gasteiger partial charge in [-0.1, -0.05) is 72.8 Å². The molecule has 170 valence electrons. The third-order valence-corrected chi connectivity index (χ3v) is 6.07. The predicted molar refractivity (Wildman–Crippen MR) is 135 cm³/mol. The van der Waals surface area contributed by atoms with Crippen molar-refractivity contribution in [2.45, 2.75) is 25.8 Å². The van der Waals surface area contributed by atoms with Crippen LogP contribution in [0.1, 0.15) is 33.5 Å². The number of thioether (sulfide) groups is 1. The first-order valence-electron chi connectivity index (χ1n) is 10.9. The van der Waals surface area contributed by atoms with Gasteiger partial charge >= 0.3 is 18.9 Å². The van der Waals surface area contributed by atoms with E-state index in [1.165, 1.54) is 17.3 Å². The summed E-state index contributed by atoms with van der Waals surface area (Å²) in [7, 11) is 0. The van der Waals surface area contributed by atoms with Gasteiger partial charge in [0.25, 0.3) is 5.91 Å². The number of carboxylic acid groups (broad SMARTS) is 1. The molecule has 0 aromatic heterocycles. The second kappa shape index (κ2) is 13.9. The third kappa shape index (κ3) is 7.67. The number of aliphatic carboxylic acids is 1. The first-order valence-corrected chi connectivity index (χ1v) is 12.3. The Kier molecular flexibility index (Phi) is 11.2. The minimum Gasteiger partial charge on any atom is -0.548 e. The zero-order valence-electron chi connectivity index (χ0n) is 19.9. The molecule has 0 bridgehead atoms. The molecule has 4 nitrogen and oxygen atoms in total. The Morgan fingerprint density at radius 3 is 2.38 bits per heavy atom. The van der Waals surface area contributed by atoms with Gasteiger partial charge in [-0.15, -0.1) is 0 Å². The fourth-order valence-electron chi connectivity index (χ4n) is 3.63. The Morgan fingerprint density at radius 2 is 1.71 bits per heavy atom. The van der Waals surface area contributed by atoms with Gasteiger partial charge in [0.1, 0.15) is 0 Å². The van der Waals surface area contributed by atoms with Crippen LogP contribution in [0, 0.1) is 6.92 Å². The minimum atomic E-state index is -1.27. The van der Waals surface area contributed by atoms with Crippen LogP contribution in [-0.4, -0.2) is 29.9 Å². The Labute approximate surface area is 218 Å². The third-order valence-electron chi connectivity index (χ3n) is 5.43. The number of carboxylic acids is 1. The van der Waals surface area contributed by atoms with E-state index in [-0.39, 0.29) is 18.9 Å². The van der Waals surface area contributed by atoms with Gasteiger partial charge in [0.05, 0.1) is 12.0 Å². The summed E-state index contributed by atoms with van der Waals surface area (Å²) in [6.07, 6.45) is 7.16. The normalized spacial score (nSPS) is 11.6. The Hall–Kier alpha value is -2.71. The van der Waals surface area contributed by atoms with Crippen LogP contribution in [0.3, 0.4) is 0 Å². The van der Waals surface area contributed by atoms with Gasteiger partial charge < -0.3 is 15.2 Å². The van der Waals surface area contributed by atoms with Crippen LogP contribution in [-0.2, 0) is 11.2 Å². The van der Waals surface area contributed by atoms with Gasteiger partial charge in [0.15, 0.2) is 0 Å². The second-order valence-electron chi connectivity index (χ2n) is 7.84. The van der Waals surface area contributed by atoms with Crippen LogP contribution in [0.4, 0.5) is 0 Å². The summed E-state index contributed by atoms with van der Waals surface area (Å²) >= 11 is 1.53. The van der Waals surface area contributed by atoms with E-state index in [0.29, 0.717) is 17.7 Å². The van der Waals surface area contributed by atoms with Crippen molar-refractivity contribution in [2.24, 2.45) is 0 Å². The van der Waals surface area contributed by atoms with Gasteiger partial charge in [0, 0.05) is 5.56 Å². The molecule has 0 aliphatic heterocycles. The Morgan fingerprint density at radius 1 is 1.00 bits per heavy atom. The number of carbonyl (C=O) groups excluding carboxylic acids is 2. The first-order chi connectivity index (χ1) is 16.0. The number of aryl methyl sites for hydroxylation is 1. The standard InChI is InChI=1S/C28H29NO3S.Li/c1-20-9-6-7-14-23(20)25-19-22(13-8-12-21-10-4-3-5-11-21)15-16-24(25)27(30)29-26(28(31)32)17-18-33-2;/h3-11,13-16,19,26H,12,17-18H2,1-2H3,(H,29,30)(H,31,32);/q;+1/p-1/b13-8+;/t26-;/m0./s1.